The van der Waals surface area contributed by atoms with Gasteiger partial charge >= 0.3 is 0 Å². The van der Waals surface area contributed by atoms with Crippen LogP contribution in [0.3, 0.4) is 0 Å². The maximum absolute atomic E-state index is 12.6. The zero-order valence-corrected chi connectivity index (χ0v) is 16.0. The molecular weight excluding hydrogens is 324 g/mol. The predicted octanol–water partition coefficient (Wildman–Crippen LogP) is 4.19. The Morgan fingerprint density at radius 2 is 1.62 bits per heavy atom. The lowest BCUT2D eigenvalue weighted by atomic mass is 10.1. The van der Waals surface area contributed by atoms with Gasteiger partial charge < -0.3 is 9.30 Å². The Balaban J connectivity index is 1.96. The van der Waals surface area contributed by atoms with Gasteiger partial charge in [0.05, 0.1) is 5.52 Å². The van der Waals surface area contributed by atoms with Gasteiger partial charge in [0.15, 0.2) is 0 Å². The molecular formula is C22H28N2O2. The molecule has 0 bridgehead atoms. The zero-order chi connectivity index (χ0) is 18.5. The van der Waals surface area contributed by atoms with Crippen LogP contribution in [0.1, 0.15) is 26.7 Å². The molecule has 0 N–H and O–H groups in total. The summed E-state index contributed by atoms with van der Waals surface area (Å²) in [6.07, 6.45) is 2.31. The Labute approximate surface area is 155 Å². The SMILES string of the molecule is CCCN(CCC)CCOc1cccc2c1c1ccccc1c(=O)n2C. The number of hydrogen-bond donors (Lipinski definition) is 0. The Morgan fingerprint density at radius 1 is 0.923 bits per heavy atom. The van der Waals surface area contributed by atoms with Crippen molar-refractivity contribution in [3.05, 3.63) is 52.8 Å². The fraction of sp³-hybridized carbons (Fsp3) is 0.409. The van der Waals surface area contributed by atoms with Gasteiger partial charge in [-0.05, 0) is 44.1 Å². The number of benzene rings is 2. The number of fused-ring (bicyclic) bond motifs is 3. The maximum atomic E-state index is 12.6. The van der Waals surface area contributed by atoms with Crippen molar-refractivity contribution in [2.45, 2.75) is 26.7 Å². The summed E-state index contributed by atoms with van der Waals surface area (Å²) in [6, 6.07) is 13.7. The molecule has 1 aromatic heterocycles. The minimum atomic E-state index is 0.0299. The largest absolute Gasteiger partial charge is 0.492 e. The molecule has 4 heteroatoms. The van der Waals surface area contributed by atoms with Crippen molar-refractivity contribution < 1.29 is 4.74 Å². The Hall–Kier alpha value is -2.33. The molecule has 2 aromatic carbocycles. The van der Waals surface area contributed by atoms with Crippen LogP contribution in [-0.4, -0.2) is 35.7 Å². The van der Waals surface area contributed by atoms with Crippen LogP contribution in [0.5, 0.6) is 5.75 Å². The van der Waals surface area contributed by atoms with Crippen LogP contribution in [0.2, 0.25) is 0 Å². The van der Waals surface area contributed by atoms with Crippen LogP contribution in [0, 0.1) is 0 Å². The fourth-order valence-electron chi connectivity index (χ4n) is 3.62. The molecule has 0 amide bonds. The molecule has 3 rings (SSSR count). The van der Waals surface area contributed by atoms with Crippen LogP contribution >= 0.6 is 0 Å². The van der Waals surface area contributed by atoms with Gasteiger partial charge in [0.1, 0.15) is 12.4 Å². The maximum Gasteiger partial charge on any atom is 0.258 e. The third-order valence-corrected chi connectivity index (χ3v) is 4.84. The average molecular weight is 352 g/mol. The third-order valence-electron chi connectivity index (χ3n) is 4.84. The number of hydrogen-bond acceptors (Lipinski definition) is 3. The second-order valence-corrected chi connectivity index (χ2v) is 6.75. The second kappa shape index (κ2) is 8.37. The topological polar surface area (TPSA) is 34.5 Å². The monoisotopic (exact) mass is 352 g/mol. The van der Waals surface area contributed by atoms with Gasteiger partial charge in [-0.15, -0.1) is 0 Å². The van der Waals surface area contributed by atoms with E-state index in [1.54, 1.807) is 4.57 Å². The first-order valence-corrected chi connectivity index (χ1v) is 9.53. The number of ether oxygens (including phenoxy) is 1. The first-order valence-electron chi connectivity index (χ1n) is 9.53. The van der Waals surface area contributed by atoms with E-state index in [0.717, 1.165) is 59.9 Å². The average Bonchev–Trinajstić information content (AvgIpc) is 2.66. The van der Waals surface area contributed by atoms with E-state index in [0.29, 0.717) is 6.61 Å². The van der Waals surface area contributed by atoms with E-state index in [9.17, 15) is 4.79 Å². The molecule has 0 atom stereocenters. The lowest BCUT2D eigenvalue weighted by molar-refractivity contribution is 0.210. The quantitative estimate of drug-likeness (QED) is 0.570. The summed E-state index contributed by atoms with van der Waals surface area (Å²) in [5, 5.41) is 2.71. The lowest BCUT2D eigenvalue weighted by Crippen LogP contribution is -2.30. The number of pyridine rings is 1. The highest BCUT2D eigenvalue weighted by molar-refractivity contribution is 6.08. The molecule has 0 aliphatic rings. The van der Waals surface area contributed by atoms with Gasteiger partial charge in [-0.3, -0.25) is 9.69 Å². The molecule has 138 valence electrons. The normalized spacial score (nSPS) is 11.5. The molecule has 0 unspecified atom stereocenters. The van der Waals surface area contributed by atoms with E-state index in [4.69, 9.17) is 4.74 Å². The highest BCUT2D eigenvalue weighted by Crippen LogP contribution is 2.31. The third kappa shape index (κ3) is 3.61. The molecule has 1 heterocycles. The molecule has 0 aliphatic carbocycles. The molecule has 0 spiro atoms. The van der Waals surface area contributed by atoms with E-state index in [2.05, 4.69) is 18.7 Å². The molecule has 4 nitrogen and oxygen atoms in total. The minimum Gasteiger partial charge on any atom is -0.492 e. The predicted molar refractivity (Wildman–Crippen MR) is 109 cm³/mol. The smallest absolute Gasteiger partial charge is 0.258 e. The van der Waals surface area contributed by atoms with Crippen LogP contribution in [0.25, 0.3) is 21.7 Å². The molecule has 0 fully saturated rings. The van der Waals surface area contributed by atoms with Crippen LogP contribution in [0.4, 0.5) is 0 Å². The summed E-state index contributed by atoms with van der Waals surface area (Å²) >= 11 is 0. The molecule has 26 heavy (non-hydrogen) atoms. The van der Waals surface area contributed by atoms with Gasteiger partial charge in [0.2, 0.25) is 0 Å². The fourth-order valence-corrected chi connectivity index (χ4v) is 3.62. The Morgan fingerprint density at radius 3 is 2.31 bits per heavy atom. The summed E-state index contributed by atoms with van der Waals surface area (Å²) in [5.41, 5.74) is 0.937. The van der Waals surface area contributed by atoms with Crippen molar-refractivity contribution in [2.75, 3.05) is 26.2 Å². The second-order valence-electron chi connectivity index (χ2n) is 6.75. The standard InChI is InChI=1S/C22H28N2O2/c1-4-13-24(14-5-2)15-16-26-20-12-8-11-19-21(20)17-9-6-7-10-18(17)22(25)23(19)3/h6-12H,4-5,13-16H2,1-3H3. The number of rotatable bonds is 8. The summed E-state index contributed by atoms with van der Waals surface area (Å²) < 4.78 is 7.90. The summed E-state index contributed by atoms with van der Waals surface area (Å²) in [4.78, 5) is 15.1. The van der Waals surface area contributed by atoms with Crippen LogP contribution in [-0.2, 0) is 7.05 Å². The van der Waals surface area contributed by atoms with Gasteiger partial charge in [0, 0.05) is 29.8 Å². The van der Waals surface area contributed by atoms with Crippen molar-refractivity contribution in [3.63, 3.8) is 0 Å². The van der Waals surface area contributed by atoms with E-state index in [1.807, 2.05) is 49.5 Å². The highest BCUT2D eigenvalue weighted by Gasteiger charge is 2.12. The lowest BCUT2D eigenvalue weighted by Gasteiger charge is -2.21. The van der Waals surface area contributed by atoms with Crippen molar-refractivity contribution >= 4 is 21.7 Å². The Kier molecular flexibility index (Phi) is 5.94. The van der Waals surface area contributed by atoms with Gasteiger partial charge in [0.25, 0.3) is 5.56 Å². The number of aryl methyl sites for hydroxylation is 1. The highest BCUT2D eigenvalue weighted by atomic mass is 16.5. The molecule has 0 radical (unpaired) electrons. The van der Waals surface area contributed by atoms with Crippen molar-refractivity contribution in [3.8, 4) is 5.75 Å². The minimum absolute atomic E-state index is 0.0299. The van der Waals surface area contributed by atoms with Crippen molar-refractivity contribution in [2.24, 2.45) is 7.05 Å². The summed E-state index contributed by atoms with van der Waals surface area (Å²) in [5.74, 6) is 0.849. The van der Waals surface area contributed by atoms with Crippen LogP contribution < -0.4 is 10.3 Å². The molecule has 0 aliphatic heterocycles. The summed E-state index contributed by atoms with van der Waals surface area (Å²) in [6.45, 7) is 8.19. The van der Waals surface area contributed by atoms with E-state index >= 15 is 0 Å². The van der Waals surface area contributed by atoms with Gasteiger partial charge in [-0.25, -0.2) is 0 Å². The molecule has 0 saturated carbocycles. The van der Waals surface area contributed by atoms with E-state index in [-0.39, 0.29) is 5.56 Å². The van der Waals surface area contributed by atoms with E-state index in [1.165, 1.54) is 0 Å². The van der Waals surface area contributed by atoms with Gasteiger partial charge in [-0.1, -0.05) is 38.1 Å². The van der Waals surface area contributed by atoms with Crippen molar-refractivity contribution in [1.29, 1.82) is 0 Å². The first kappa shape index (κ1) is 18.5. The zero-order valence-electron chi connectivity index (χ0n) is 16.0. The first-order chi connectivity index (χ1) is 12.7. The Bertz CT molecular complexity index is 940. The molecule has 3 aromatic rings. The summed E-state index contributed by atoms with van der Waals surface area (Å²) in [7, 11) is 1.82. The van der Waals surface area contributed by atoms with Crippen LogP contribution in [0.15, 0.2) is 47.3 Å². The van der Waals surface area contributed by atoms with Crippen molar-refractivity contribution in [1.82, 2.24) is 9.47 Å². The number of nitrogens with zero attached hydrogens (tertiary/aromatic N) is 2. The van der Waals surface area contributed by atoms with E-state index < -0.39 is 0 Å². The molecule has 0 saturated heterocycles. The van der Waals surface area contributed by atoms with Gasteiger partial charge in [-0.2, -0.15) is 0 Å². The number of aromatic nitrogens is 1.